The molecule has 1 N–H and O–H groups in total. The summed E-state index contributed by atoms with van der Waals surface area (Å²) in [7, 11) is 0. The highest BCUT2D eigenvalue weighted by Crippen LogP contribution is 2.54. The van der Waals surface area contributed by atoms with Gasteiger partial charge in [-0.15, -0.1) is 0 Å². The first-order valence-electron chi connectivity index (χ1n) is 9.55. The molecule has 0 bridgehead atoms. The summed E-state index contributed by atoms with van der Waals surface area (Å²) < 4.78 is 84.7. The van der Waals surface area contributed by atoms with Crippen molar-refractivity contribution in [3.63, 3.8) is 0 Å². The molecule has 0 aromatic heterocycles. The molecular formula is C20H34F6O3. The molecule has 0 aromatic rings. The maximum atomic E-state index is 13.3. The Balaban J connectivity index is 6.41. The van der Waals surface area contributed by atoms with Crippen molar-refractivity contribution in [2.24, 2.45) is 16.2 Å². The first kappa shape index (κ1) is 28.0. The van der Waals surface area contributed by atoms with E-state index in [1.54, 1.807) is 20.8 Å². The van der Waals surface area contributed by atoms with Crippen molar-refractivity contribution >= 4 is 5.97 Å². The van der Waals surface area contributed by atoms with E-state index in [0.29, 0.717) is 26.7 Å². The number of carbonyl (C=O) groups excluding carboxylic acids is 1. The van der Waals surface area contributed by atoms with Crippen LogP contribution < -0.4 is 0 Å². The van der Waals surface area contributed by atoms with E-state index in [1.807, 2.05) is 20.8 Å². The summed E-state index contributed by atoms with van der Waals surface area (Å²) in [5, 5.41) is 9.74. The third kappa shape index (κ3) is 5.02. The third-order valence-corrected chi connectivity index (χ3v) is 6.66. The lowest BCUT2D eigenvalue weighted by atomic mass is 9.58. The zero-order chi connectivity index (χ0) is 23.9. The van der Waals surface area contributed by atoms with Crippen molar-refractivity contribution in [3.8, 4) is 0 Å². The zero-order valence-corrected chi connectivity index (χ0v) is 18.7. The number of hydrogen-bond donors (Lipinski definition) is 1. The molecule has 1 atom stereocenters. The average Bonchev–Trinajstić information content (AvgIpc) is 2.50. The molecule has 0 amide bonds. The van der Waals surface area contributed by atoms with Crippen LogP contribution in [0.3, 0.4) is 0 Å². The van der Waals surface area contributed by atoms with Gasteiger partial charge in [0.2, 0.25) is 0 Å². The minimum atomic E-state index is -6.10. The lowest BCUT2D eigenvalue weighted by Gasteiger charge is -2.49. The summed E-state index contributed by atoms with van der Waals surface area (Å²) >= 11 is 0. The predicted molar refractivity (Wildman–Crippen MR) is 98.1 cm³/mol. The van der Waals surface area contributed by atoms with Crippen molar-refractivity contribution in [1.82, 2.24) is 0 Å². The monoisotopic (exact) mass is 436 g/mol. The molecule has 0 saturated heterocycles. The van der Waals surface area contributed by atoms with Crippen LogP contribution in [0, 0.1) is 16.2 Å². The summed E-state index contributed by atoms with van der Waals surface area (Å²) in [6.07, 6.45) is -11.0. The molecule has 0 aromatic carbocycles. The van der Waals surface area contributed by atoms with Gasteiger partial charge in [-0.2, -0.15) is 26.3 Å². The standard InChI is InChI=1S/C20H34F6O3/c1-10-14(3,4)12-17(9,15(5,6)11-2)13(27)29-16(7,8)18(28,19(21,22)23)20(24,25)26/h28H,10-12H2,1-9H3. The Morgan fingerprint density at radius 1 is 0.793 bits per heavy atom. The second-order valence-electron chi connectivity index (χ2n) is 9.87. The number of esters is 1. The Morgan fingerprint density at radius 2 is 1.17 bits per heavy atom. The molecule has 3 nitrogen and oxygen atoms in total. The molecule has 174 valence electrons. The van der Waals surface area contributed by atoms with Crippen LogP contribution in [-0.2, 0) is 9.53 Å². The van der Waals surface area contributed by atoms with E-state index in [9.17, 15) is 36.2 Å². The third-order valence-electron chi connectivity index (χ3n) is 6.66. The van der Waals surface area contributed by atoms with E-state index >= 15 is 0 Å². The van der Waals surface area contributed by atoms with E-state index < -0.39 is 45.8 Å². The van der Waals surface area contributed by atoms with Gasteiger partial charge in [0.25, 0.3) is 5.60 Å². The van der Waals surface area contributed by atoms with E-state index in [-0.39, 0.29) is 6.42 Å². The largest absolute Gasteiger partial charge is 0.455 e. The van der Waals surface area contributed by atoms with Crippen molar-refractivity contribution in [3.05, 3.63) is 0 Å². The van der Waals surface area contributed by atoms with Crippen LogP contribution >= 0.6 is 0 Å². The molecular weight excluding hydrogens is 402 g/mol. The fourth-order valence-electron chi connectivity index (χ4n) is 3.32. The average molecular weight is 436 g/mol. The summed E-state index contributed by atoms with van der Waals surface area (Å²) in [6.45, 7) is 13.1. The first-order valence-corrected chi connectivity index (χ1v) is 9.55. The van der Waals surface area contributed by atoms with E-state index in [2.05, 4.69) is 0 Å². The highest BCUT2D eigenvalue weighted by Gasteiger charge is 2.79. The van der Waals surface area contributed by atoms with Crippen LogP contribution in [0.1, 0.15) is 81.6 Å². The normalized spacial score (nSPS) is 17.1. The number of ether oxygens (including phenoxy) is 1. The fourth-order valence-corrected chi connectivity index (χ4v) is 3.32. The number of carbonyl (C=O) groups is 1. The molecule has 1 unspecified atom stereocenters. The highest BCUT2D eigenvalue weighted by molar-refractivity contribution is 5.78. The van der Waals surface area contributed by atoms with Gasteiger partial charge in [0, 0.05) is 0 Å². The van der Waals surface area contributed by atoms with Crippen molar-refractivity contribution in [2.75, 3.05) is 0 Å². The molecule has 29 heavy (non-hydrogen) atoms. The lowest BCUT2D eigenvalue weighted by Crippen LogP contribution is -2.70. The lowest BCUT2D eigenvalue weighted by molar-refractivity contribution is -0.408. The van der Waals surface area contributed by atoms with Crippen LogP contribution in [0.5, 0.6) is 0 Å². The van der Waals surface area contributed by atoms with Gasteiger partial charge >= 0.3 is 18.3 Å². The molecule has 0 spiro atoms. The molecule has 0 aliphatic heterocycles. The van der Waals surface area contributed by atoms with Gasteiger partial charge in [-0.3, -0.25) is 4.79 Å². The smallest absolute Gasteiger partial charge is 0.430 e. The Kier molecular flexibility index (Phi) is 7.66. The minimum absolute atomic E-state index is 0.183. The van der Waals surface area contributed by atoms with Crippen molar-refractivity contribution < 1.29 is 41.0 Å². The second kappa shape index (κ2) is 7.93. The van der Waals surface area contributed by atoms with Gasteiger partial charge in [-0.1, -0.05) is 48.0 Å². The first-order chi connectivity index (χ1) is 12.5. The van der Waals surface area contributed by atoms with Gasteiger partial charge in [-0.05, 0) is 44.4 Å². The molecule has 0 aliphatic rings. The second-order valence-corrected chi connectivity index (χ2v) is 9.87. The van der Waals surface area contributed by atoms with Gasteiger partial charge < -0.3 is 9.84 Å². The van der Waals surface area contributed by atoms with Gasteiger partial charge in [0.1, 0.15) is 0 Å². The molecule has 0 aliphatic carbocycles. The number of hydrogen-bond acceptors (Lipinski definition) is 3. The Labute approximate surface area is 169 Å². The summed E-state index contributed by atoms with van der Waals surface area (Å²) in [6, 6.07) is 0. The van der Waals surface area contributed by atoms with Crippen molar-refractivity contribution in [1.29, 1.82) is 0 Å². The van der Waals surface area contributed by atoms with E-state index in [0.717, 1.165) is 0 Å². The number of aliphatic hydroxyl groups is 1. The number of halogens is 6. The topological polar surface area (TPSA) is 46.5 Å². The minimum Gasteiger partial charge on any atom is -0.455 e. The van der Waals surface area contributed by atoms with Crippen LogP contribution in [-0.4, -0.2) is 34.6 Å². The van der Waals surface area contributed by atoms with Crippen LogP contribution in [0.2, 0.25) is 0 Å². The molecule has 9 heteroatoms. The predicted octanol–water partition coefficient (Wildman–Crippen LogP) is 6.43. The van der Waals surface area contributed by atoms with Gasteiger partial charge in [0.15, 0.2) is 5.60 Å². The molecule has 0 saturated carbocycles. The van der Waals surface area contributed by atoms with E-state index in [1.165, 1.54) is 6.92 Å². The SMILES string of the molecule is CCC(C)(C)CC(C)(C(=O)OC(C)(C)C(O)(C(F)(F)F)C(F)(F)F)C(C)(C)CC. The summed E-state index contributed by atoms with van der Waals surface area (Å²) in [5.41, 5.74) is -11.1. The molecule has 0 heterocycles. The molecule has 0 fully saturated rings. The van der Waals surface area contributed by atoms with Crippen LogP contribution in [0.25, 0.3) is 0 Å². The zero-order valence-electron chi connectivity index (χ0n) is 18.7. The molecule has 0 rings (SSSR count). The number of rotatable bonds is 8. The maximum Gasteiger partial charge on any atom is 0.430 e. The quantitative estimate of drug-likeness (QED) is 0.352. The van der Waals surface area contributed by atoms with Crippen LogP contribution in [0.4, 0.5) is 26.3 Å². The Bertz CT molecular complexity index is 576. The summed E-state index contributed by atoms with van der Waals surface area (Å²) in [5.74, 6) is -1.21. The van der Waals surface area contributed by atoms with E-state index in [4.69, 9.17) is 4.74 Å². The number of alkyl halides is 6. The fraction of sp³-hybridized carbons (Fsp3) is 0.950. The maximum absolute atomic E-state index is 13.3. The highest BCUT2D eigenvalue weighted by atomic mass is 19.4. The van der Waals surface area contributed by atoms with Crippen LogP contribution in [0.15, 0.2) is 0 Å². The Hall–Kier alpha value is -0.990. The Morgan fingerprint density at radius 3 is 1.45 bits per heavy atom. The molecule has 0 radical (unpaired) electrons. The van der Waals surface area contributed by atoms with Gasteiger partial charge in [-0.25, -0.2) is 0 Å². The summed E-state index contributed by atoms with van der Waals surface area (Å²) in [4.78, 5) is 13.1. The van der Waals surface area contributed by atoms with Gasteiger partial charge in [0.05, 0.1) is 5.41 Å². The van der Waals surface area contributed by atoms with Crippen molar-refractivity contribution in [2.45, 2.75) is 105 Å².